The van der Waals surface area contributed by atoms with Crippen LogP contribution in [0.5, 0.6) is 0 Å². The van der Waals surface area contributed by atoms with Crippen LogP contribution in [-0.4, -0.2) is 19.0 Å². The van der Waals surface area contributed by atoms with E-state index in [-0.39, 0.29) is 11.3 Å². The second-order valence-electron chi connectivity index (χ2n) is 4.33. The van der Waals surface area contributed by atoms with Crippen molar-refractivity contribution in [2.45, 2.75) is 19.8 Å². The maximum atomic E-state index is 11.6. The van der Waals surface area contributed by atoms with Crippen molar-refractivity contribution in [2.75, 3.05) is 13.1 Å². The fourth-order valence-electron chi connectivity index (χ4n) is 1.56. The summed E-state index contributed by atoms with van der Waals surface area (Å²) in [4.78, 5) is 11.6. The van der Waals surface area contributed by atoms with Crippen LogP contribution in [0, 0.1) is 12.3 Å². The number of nitrogens with one attached hydrogen (secondary N) is 1. The molecule has 0 atom stereocenters. The molecular weight excluding hydrogens is 192 g/mol. The Morgan fingerprint density at radius 1 is 1.67 bits per heavy atom. The van der Waals surface area contributed by atoms with Gasteiger partial charge in [0.15, 0.2) is 0 Å². The van der Waals surface area contributed by atoms with Crippen LogP contribution in [0.1, 0.15) is 29.0 Å². The van der Waals surface area contributed by atoms with Crippen LogP contribution < -0.4 is 11.1 Å². The minimum Gasteiger partial charge on any atom is -0.469 e. The Bertz CT molecular complexity index is 366. The van der Waals surface area contributed by atoms with Crippen molar-refractivity contribution in [1.82, 2.24) is 5.32 Å². The fraction of sp³-hybridized carbons (Fsp3) is 0.545. The highest BCUT2D eigenvalue weighted by molar-refractivity contribution is 5.93. The van der Waals surface area contributed by atoms with E-state index >= 15 is 0 Å². The first-order valence-electron chi connectivity index (χ1n) is 5.19. The largest absolute Gasteiger partial charge is 0.469 e. The van der Waals surface area contributed by atoms with Crippen molar-refractivity contribution >= 4 is 5.91 Å². The van der Waals surface area contributed by atoms with Crippen molar-refractivity contribution in [3.05, 3.63) is 23.7 Å². The molecule has 0 radical (unpaired) electrons. The van der Waals surface area contributed by atoms with Crippen LogP contribution in [0.15, 0.2) is 16.7 Å². The predicted octanol–water partition coefficient (Wildman–Crippen LogP) is 1.06. The number of carbonyl (C=O) groups is 1. The van der Waals surface area contributed by atoms with E-state index in [0.29, 0.717) is 18.7 Å². The molecule has 1 aliphatic rings. The summed E-state index contributed by atoms with van der Waals surface area (Å²) in [6.07, 6.45) is 3.72. The molecule has 1 aromatic heterocycles. The number of carbonyl (C=O) groups excluding carboxylic acids is 1. The number of aryl methyl sites for hydroxylation is 1. The third kappa shape index (κ3) is 2.21. The quantitative estimate of drug-likeness (QED) is 0.777. The molecule has 4 nitrogen and oxygen atoms in total. The molecule has 1 heterocycles. The van der Waals surface area contributed by atoms with Crippen molar-refractivity contribution in [1.29, 1.82) is 0 Å². The first-order chi connectivity index (χ1) is 7.15. The third-order valence-electron chi connectivity index (χ3n) is 3.01. The van der Waals surface area contributed by atoms with Gasteiger partial charge in [0.1, 0.15) is 12.0 Å². The van der Waals surface area contributed by atoms with Gasteiger partial charge < -0.3 is 15.5 Å². The van der Waals surface area contributed by atoms with E-state index in [0.717, 1.165) is 18.6 Å². The zero-order valence-corrected chi connectivity index (χ0v) is 8.88. The Kier molecular flexibility index (Phi) is 2.52. The first kappa shape index (κ1) is 10.2. The summed E-state index contributed by atoms with van der Waals surface area (Å²) < 4.78 is 5.07. The Hall–Kier alpha value is -1.29. The van der Waals surface area contributed by atoms with E-state index in [9.17, 15) is 4.79 Å². The van der Waals surface area contributed by atoms with Crippen LogP contribution in [0.2, 0.25) is 0 Å². The molecule has 0 bridgehead atoms. The lowest BCUT2D eigenvalue weighted by Crippen LogP contribution is -2.33. The normalized spacial score (nSPS) is 17.5. The van der Waals surface area contributed by atoms with Crippen LogP contribution in [0.25, 0.3) is 0 Å². The lowest BCUT2D eigenvalue weighted by atomic mass is 10.1. The molecule has 15 heavy (non-hydrogen) atoms. The molecule has 4 heteroatoms. The number of hydrogen-bond acceptors (Lipinski definition) is 3. The Morgan fingerprint density at radius 2 is 2.40 bits per heavy atom. The minimum atomic E-state index is -0.0772. The van der Waals surface area contributed by atoms with Crippen LogP contribution in [-0.2, 0) is 0 Å². The van der Waals surface area contributed by atoms with Crippen molar-refractivity contribution in [3.8, 4) is 0 Å². The molecule has 1 saturated carbocycles. The number of rotatable bonds is 4. The Labute approximate surface area is 88.8 Å². The molecule has 1 amide bonds. The van der Waals surface area contributed by atoms with Crippen LogP contribution >= 0.6 is 0 Å². The Balaban J connectivity index is 1.88. The highest BCUT2D eigenvalue weighted by atomic mass is 16.3. The van der Waals surface area contributed by atoms with Crippen molar-refractivity contribution in [2.24, 2.45) is 11.1 Å². The summed E-state index contributed by atoms with van der Waals surface area (Å²) in [6, 6.07) is 1.73. The molecule has 1 aromatic rings. The molecule has 0 aromatic carbocycles. The van der Waals surface area contributed by atoms with Crippen LogP contribution in [0.3, 0.4) is 0 Å². The summed E-state index contributed by atoms with van der Waals surface area (Å²) in [5.74, 6) is 0.673. The van der Waals surface area contributed by atoms with Gasteiger partial charge >= 0.3 is 0 Å². The van der Waals surface area contributed by atoms with Crippen molar-refractivity contribution in [3.63, 3.8) is 0 Å². The molecule has 0 spiro atoms. The summed E-state index contributed by atoms with van der Waals surface area (Å²) in [7, 11) is 0. The second kappa shape index (κ2) is 3.70. The molecule has 1 fully saturated rings. The van der Waals surface area contributed by atoms with Gasteiger partial charge in [0.05, 0.1) is 5.56 Å². The van der Waals surface area contributed by atoms with Gasteiger partial charge in [0.25, 0.3) is 5.91 Å². The van der Waals surface area contributed by atoms with Gasteiger partial charge in [-0.1, -0.05) is 0 Å². The average molecular weight is 208 g/mol. The summed E-state index contributed by atoms with van der Waals surface area (Å²) in [5.41, 5.74) is 6.39. The monoisotopic (exact) mass is 208 g/mol. The standard InChI is InChI=1S/C11H16N2O2/c1-8-4-9(5-15-8)10(14)13-7-11(6-12)2-3-11/h4-5H,2-3,6-7,12H2,1H3,(H,13,14). The van der Waals surface area contributed by atoms with Gasteiger partial charge in [-0.05, 0) is 32.4 Å². The molecule has 0 aliphatic heterocycles. The van der Waals surface area contributed by atoms with Gasteiger partial charge in [0, 0.05) is 12.0 Å². The average Bonchev–Trinajstić information content (AvgIpc) is 2.90. The second-order valence-corrected chi connectivity index (χ2v) is 4.33. The van der Waals surface area contributed by atoms with Crippen LogP contribution in [0.4, 0.5) is 0 Å². The maximum Gasteiger partial charge on any atom is 0.254 e. The van der Waals surface area contributed by atoms with Gasteiger partial charge in [-0.15, -0.1) is 0 Å². The van der Waals surface area contributed by atoms with E-state index < -0.39 is 0 Å². The summed E-state index contributed by atoms with van der Waals surface area (Å²) in [5, 5.41) is 2.89. The molecule has 2 rings (SSSR count). The van der Waals surface area contributed by atoms with E-state index in [1.165, 1.54) is 6.26 Å². The van der Waals surface area contributed by atoms with Crippen molar-refractivity contribution < 1.29 is 9.21 Å². The molecule has 0 saturated heterocycles. The molecule has 82 valence electrons. The number of hydrogen-bond donors (Lipinski definition) is 2. The maximum absolute atomic E-state index is 11.6. The molecule has 0 unspecified atom stereocenters. The van der Waals surface area contributed by atoms with E-state index in [4.69, 9.17) is 10.2 Å². The zero-order chi connectivity index (χ0) is 10.9. The number of amides is 1. The van der Waals surface area contributed by atoms with Gasteiger partial charge in [-0.2, -0.15) is 0 Å². The number of nitrogens with two attached hydrogens (primary N) is 1. The zero-order valence-electron chi connectivity index (χ0n) is 8.88. The predicted molar refractivity (Wildman–Crippen MR) is 56.5 cm³/mol. The highest BCUT2D eigenvalue weighted by Crippen LogP contribution is 2.43. The lowest BCUT2D eigenvalue weighted by Gasteiger charge is -2.12. The van der Waals surface area contributed by atoms with E-state index in [1.807, 2.05) is 6.92 Å². The summed E-state index contributed by atoms with van der Waals surface area (Å²) in [6.45, 7) is 3.14. The smallest absolute Gasteiger partial charge is 0.254 e. The fourth-order valence-corrected chi connectivity index (χ4v) is 1.56. The van der Waals surface area contributed by atoms with E-state index in [1.54, 1.807) is 6.07 Å². The topological polar surface area (TPSA) is 68.3 Å². The molecular formula is C11H16N2O2. The minimum absolute atomic E-state index is 0.0772. The van der Waals surface area contributed by atoms with Gasteiger partial charge in [-0.25, -0.2) is 0 Å². The highest BCUT2D eigenvalue weighted by Gasteiger charge is 2.41. The SMILES string of the molecule is Cc1cc(C(=O)NCC2(CN)CC2)co1. The third-order valence-corrected chi connectivity index (χ3v) is 3.01. The summed E-state index contributed by atoms with van der Waals surface area (Å²) >= 11 is 0. The first-order valence-corrected chi connectivity index (χ1v) is 5.19. The van der Waals surface area contributed by atoms with E-state index in [2.05, 4.69) is 5.32 Å². The Morgan fingerprint density at radius 3 is 2.87 bits per heavy atom. The van der Waals surface area contributed by atoms with Gasteiger partial charge in [-0.3, -0.25) is 4.79 Å². The molecule has 3 N–H and O–H groups in total. The molecule has 1 aliphatic carbocycles. The lowest BCUT2D eigenvalue weighted by molar-refractivity contribution is 0.0945. The number of furan rings is 1. The van der Waals surface area contributed by atoms with Gasteiger partial charge in [0.2, 0.25) is 0 Å².